The van der Waals surface area contributed by atoms with Gasteiger partial charge < -0.3 is 10.4 Å². The van der Waals surface area contributed by atoms with Gasteiger partial charge in [-0.25, -0.2) is 4.79 Å². The highest BCUT2D eigenvalue weighted by Gasteiger charge is 2.54. The molecule has 3 unspecified atom stereocenters. The summed E-state index contributed by atoms with van der Waals surface area (Å²) in [5.41, 5.74) is 3.04. The second kappa shape index (κ2) is 6.97. The Hall–Kier alpha value is -1.81. The first-order valence-electron chi connectivity index (χ1n) is 9.85. The summed E-state index contributed by atoms with van der Waals surface area (Å²) in [4.78, 5) is 12.4. The number of aryl methyl sites for hydroxylation is 1. The average Bonchev–Trinajstić information content (AvgIpc) is 3.03. The fourth-order valence-corrected chi connectivity index (χ4v) is 5.90. The number of carboxylic acids is 1. The maximum Gasteiger partial charge on any atom is 0.329 e. The third kappa shape index (κ3) is 3.08. The van der Waals surface area contributed by atoms with E-state index >= 15 is 0 Å². The van der Waals surface area contributed by atoms with Crippen LogP contribution in [-0.2, 0) is 16.6 Å². The number of hydrogen-bond donors (Lipinski definition) is 2. The van der Waals surface area contributed by atoms with Gasteiger partial charge in [0.2, 0.25) is 0 Å². The molecule has 3 nitrogen and oxygen atoms in total. The molecule has 0 amide bonds. The second-order valence-electron chi connectivity index (χ2n) is 8.15. The van der Waals surface area contributed by atoms with Crippen molar-refractivity contribution in [1.29, 1.82) is 0 Å². The van der Waals surface area contributed by atoms with Crippen molar-refractivity contribution < 1.29 is 9.90 Å². The van der Waals surface area contributed by atoms with E-state index in [1.54, 1.807) is 0 Å². The van der Waals surface area contributed by atoms with E-state index in [1.165, 1.54) is 11.1 Å². The first-order chi connectivity index (χ1) is 13.0. The van der Waals surface area contributed by atoms with Crippen molar-refractivity contribution in [3.05, 3.63) is 64.1 Å². The van der Waals surface area contributed by atoms with E-state index in [-0.39, 0.29) is 5.41 Å². The number of fused-ring (bicyclic) bond motifs is 2. The lowest BCUT2D eigenvalue weighted by molar-refractivity contribution is -0.145. The molecular weight excluding hydrogens is 402 g/mol. The highest BCUT2D eigenvalue weighted by atomic mass is 79.9. The van der Waals surface area contributed by atoms with Crippen LogP contribution in [-0.4, -0.2) is 16.6 Å². The Morgan fingerprint density at radius 2 is 2.00 bits per heavy atom. The molecule has 4 rings (SSSR count). The molecule has 0 aliphatic heterocycles. The molecule has 3 atom stereocenters. The Bertz CT molecular complexity index is 867. The largest absolute Gasteiger partial charge is 0.480 e. The smallest absolute Gasteiger partial charge is 0.329 e. The Morgan fingerprint density at radius 1 is 1.19 bits per heavy atom. The molecule has 4 heteroatoms. The number of halogens is 1. The van der Waals surface area contributed by atoms with Crippen molar-refractivity contribution in [3.63, 3.8) is 0 Å². The topological polar surface area (TPSA) is 49.3 Å². The Labute approximate surface area is 169 Å². The molecule has 1 fully saturated rings. The Balaban J connectivity index is 1.68. The molecule has 0 saturated heterocycles. The molecular formula is C23H26BrNO2. The molecule has 142 valence electrons. The first-order valence-corrected chi connectivity index (χ1v) is 10.6. The number of carbonyl (C=O) groups is 1. The molecule has 1 spiro atoms. The van der Waals surface area contributed by atoms with Gasteiger partial charge in [-0.3, -0.25) is 0 Å². The van der Waals surface area contributed by atoms with Gasteiger partial charge in [0.05, 0.1) is 0 Å². The van der Waals surface area contributed by atoms with Gasteiger partial charge in [-0.1, -0.05) is 59.6 Å². The standard InChI is InChI=1S/C23H26BrNO2/c1-2-17-15-23(21(26)27,25-19-8-5-7-18(24)14-19)13-12-22(17)11-10-16-6-3-4-9-20(16)22/h3-9,14,17,25H,2,10-13,15H2,1H3,(H,26,27). The molecule has 0 bridgehead atoms. The summed E-state index contributed by atoms with van der Waals surface area (Å²) in [6.07, 6.45) is 5.52. The van der Waals surface area contributed by atoms with Gasteiger partial charge in [-0.2, -0.15) is 0 Å². The summed E-state index contributed by atoms with van der Waals surface area (Å²) in [5.74, 6) is -0.368. The zero-order valence-corrected chi connectivity index (χ0v) is 17.3. The lowest BCUT2D eigenvalue weighted by Crippen LogP contribution is -2.55. The van der Waals surface area contributed by atoms with Crippen LogP contribution in [0, 0.1) is 5.92 Å². The molecule has 2 aliphatic rings. The summed E-state index contributed by atoms with van der Waals surface area (Å²) in [6.45, 7) is 2.21. The lowest BCUT2D eigenvalue weighted by atomic mass is 9.57. The first kappa shape index (κ1) is 18.5. The third-order valence-corrected chi connectivity index (χ3v) is 7.37. The zero-order valence-electron chi connectivity index (χ0n) is 15.7. The van der Waals surface area contributed by atoms with E-state index in [1.807, 2.05) is 24.3 Å². The van der Waals surface area contributed by atoms with Crippen LogP contribution in [0.3, 0.4) is 0 Å². The van der Waals surface area contributed by atoms with E-state index in [4.69, 9.17) is 0 Å². The number of hydrogen-bond acceptors (Lipinski definition) is 2. The summed E-state index contributed by atoms with van der Waals surface area (Å²) in [6, 6.07) is 16.6. The zero-order chi connectivity index (χ0) is 19.1. The predicted molar refractivity (Wildman–Crippen MR) is 112 cm³/mol. The Morgan fingerprint density at radius 3 is 2.74 bits per heavy atom. The SMILES string of the molecule is CCC1CC(Nc2cccc(Br)c2)(C(=O)O)CCC12CCc1ccccc12. The number of nitrogens with one attached hydrogen (secondary N) is 1. The van der Waals surface area contributed by atoms with Crippen LogP contribution in [0.25, 0.3) is 0 Å². The number of benzene rings is 2. The van der Waals surface area contributed by atoms with E-state index in [2.05, 4.69) is 52.4 Å². The van der Waals surface area contributed by atoms with Crippen molar-refractivity contribution in [2.75, 3.05) is 5.32 Å². The van der Waals surface area contributed by atoms with Crippen molar-refractivity contribution in [2.24, 2.45) is 5.92 Å². The lowest BCUT2D eigenvalue weighted by Gasteiger charge is -2.49. The number of carboxylic acid groups (broad SMARTS) is 1. The minimum absolute atomic E-state index is 0.142. The third-order valence-electron chi connectivity index (χ3n) is 6.88. The van der Waals surface area contributed by atoms with E-state index in [9.17, 15) is 9.90 Å². The Kier molecular flexibility index (Phi) is 4.79. The van der Waals surface area contributed by atoms with Crippen LogP contribution >= 0.6 is 15.9 Å². The van der Waals surface area contributed by atoms with Crippen molar-refractivity contribution >= 4 is 27.6 Å². The summed E-state index contributed by atoms with van der Waals surface area (Å²) in [7, 11) is 0. The van der Waals surface area contributed by atoms with Gasteiger partial charge in [0, 0.05) is 10.2 Å². The van der Waals surface area contributed by atoms with Gasteiger partial charge in [-0.05, 0) is 72.8 Å². The van der Waals surface area contributed by atoms with Gasteiger partial charge in [0.15, 0.2) is 0 Å². The van der Waals surface area contributed by atoms with E-state index in [0.717, 1.165) is 35.8 Å². The second-order valence-corrected chi connectivity index (χ2v) is 9.06. The molecule has 1 saturated carbocycles. The van der Waals surface area contributed by atoms with Crippen LogP contribution in [0.4, 0.5) is 5.69 Å². The molecule has 0 radical (unpaired) electrons. The van der Waals surface area contributed by atoms with Crippen molar-refractivity contribution in [3.8, 4) is 0 Å². The highest BCUT2D eigenvalue weighted by molar-refractivity contribution is 9.10. The highest BCUT2D eigenvalue weighted by Crippen LogP contribution is 2.55. The molecule has 0 aromatic heterocycles. The molecule has 27 heavy (non-hydrogen) atoms. The molecule has 0 heterocycles. The fraction of sp³-hybridized carbons (Fsp3) is 0.435. The van der Waals surface area contributed by atoms with Gasteiger partial charge in [0.1, 0.15) is 5.54 Å². The molecule has 2 aromatic carbocycles. The minimum Gasteiger partial charge on any atom is -0.480 e. The van der Waals surface area contributed by atoms with Crippen LogP contribution < -0.4 is 5.32 Å². The molecule has 2 N–H and O–H groups in total. The summed E-state index contributed by atoms with van der Waals surface area (Å²) >= 11 is 3.49. The summed E-state index contributed by atoms with van der Waals surface area (Å²) < 4.78 is 0.956. The van der Waals surface area contributed by atoms with Crippen LogP contribution in [0.15, 0.2) is 53.0 Å². The average molecular weight is 428 g/mol. The molecule has 2 aliphatic carbocycles. The quantitative estimate of drug-likeness (QED) is 0.649. The number of aliphatic carboxylic acids is 1. The van der Waals surface area contributed by atoms with E-state index < -0.39 is 11.5 Å². The van der Waals surface area contributed by atoms with Crippen LogP contribution in [0.1, 0.15) is 50.2 Å². The van der Waals surface area contributed by atoms with Gasteiger partial charge in [-0.15, -0.1) is 0 Å². The minimum atomic E-state index is -0.899. The predicted octanol–water partition coefficient (Wildman–Crippen LogP) is 5.78. The van der Waals surface area contributed by atoms with Crippen molar-refractivity contribution in [1.82, 2.24) is 0 Å². The van der Waals surface area contributed by atoms with E-state index in [0.29, 0.717) is 18.8 Å². The van der Waals surface area contributed by atoms with Crippen molar-refractivity contribution in [2.45, 2.75) is 56.4 Å². The normalized spacial score (nSPS) is 29.5. The monoisotopic (exact) mass is 427 g/mol. The maximum absolute atomic E-state index is 12.4. The van der Waals surface area contributed by atoms with Crippen LogP contribution in [0.2, 0.25) is 0 Å². The fourth-order valence-electron chi connectivity index (χ4n) is 5.50. The number of rotatable bonds is 4. The summed E-state index contributed by atoms with van der Waals surface area (Å²) in [5, 5.41) is 13.6. The maximum atomic E-state index is 12.4. The van der Waals surface area contributed by atoms with Gasteiger partial charge >= 0.3 is 5.97 Å². The van der Waals surface area contributed by atoms with Gasteiger partial charge in [0.25, 0.3) is 0 Å². The number of anilines is 1. The molecule has 2 aromatic rings. The van der Waals surface area contributed by atoms with Crippen LogP contribution in [0.5, 0.6) is 0 Å².